The topological polar surface area (TPSA) is 61.0 Å². The van der Waals surface area contributed by atoms with Crippen LogP contribution in [-0.2, 0) is 6.54 Å². The lowest BCUT2D eigenvalue weighted by atomic mass is 10.0. The first-order valence-electron chi connectivity index (χ1n) is 8.21. The number of aromatic nitrogens is 2. The third-order valence-corrected chi connectivity index (χ3v) is 4.60. The molecule has 1 aromatic heterocycles. The number of carbonyl (C=O) groups is 1. The number of amides is 1. The van der Waals surface area contributed by atoms with Crippen molar-refractivity contribution in [1.29, 1.82) is 0 Å². The van der Waals surface area contributed by atoms with E-state index in [0.717, 1.165) is 43.7 Å². The molecule has 1 amide bonds. The number of piperidine rings is 1. The zero-order valence-electron chi connectivity index (χ0n) is 13.8. The fraction of sp³-hybridized carbons (Fsp3) is 0.444. The summed E-state index contributed by atoms with van der Waals surface area (Å²) in [6, 6.07) is 8.29. The summed E-state index contributed by atoms with van der Waals surface area (Å²) in [7, 11) is 0. The van der Waals surface area contributed by atoms with Gasteiger partial charge in [-0.05, 0) is 38.8 Å². The van der Waals surface area contributed by atoms with Gasteiger partial charge in [0.05, 0.1) is 6.20 Å². The van der Waals surface area contributed by atoms with Crippen LogP contribution < -0.4 is 5.32 Å². The van der Waals surface area contributed by atoms with E-state index in [9.17, 15) is 4.79 Å². The molecule has 5 heteroatoms. The molecule has 1 aliphatic heterocycles. The van der Waals surface area contributed by atoms with Crippen LogP contribution in [0, 0.1) is 13.8 Å². The standard InChI is InChI=1S/C18H24N4O/c1-13-3-5-15(6-4-13)18(23)22-9-7-17(8-10-22)19-11-16-12-20-21-14(16)2/h3-6,12,17,19H,7-11H2,1-2H3,(H,20,21). The molecule has 122 valence electrons. The van der Waals surface area contributed by atoms with Crippen LogP contribution in [0.2, 0.25) is 0 Å². The highest BCUT2D eigenvalue weighted by molar-refractivity contribution is 5.94. The lowest BCUT2D eigenvalue weighted by Gasteiger charge is -2.32. The molecule has 2 N–H and O–H groups in total. The maximum Gasteiger partial charge on any atom is 0.253 e. The molecule has 0 saturated carbocycles. The highest BCUT2D eigenvalue weighted by Gasteiger charge is 2.23. The Hall–Kier alpha value is -2.14. The van der Waals surface area contributed by atoms with E-state index in [4.69, 9.17) is 0 Å². The van der Waals surface area contributed by atoms with Crippen molar-refractivity contribution in [2.45, 2.75) is 39.3 Å². The lowest BCUT2D eigenvalue weighted by molar-refractivity contribution is 0.0704. The second-order valence-electron chi connectivity index (χ2n) is 6.33. The Bertz CT molecular complexity index is 654. The van der Waals surface area contributed by atoms with Crippen LogP contribution in [0.25, 0.3) is 0 Å². The molecule has 5 nitrogen and oxygen atoms in total. The van der Waals surface area contributed by atoms with Crippen molar-refractivity contribution in [3.8, 4) is 0 Å². The van der Waals surface area contributed by atoms with E-state index in [1.54, 1.807) is 0 Å². The van der Waals surface area contributed by atoms with Crippen LogP contribution in [0.15, 0.2) is 30.5 Å². The van der Waals surface area contributed by atoms with Crippen LogP contribution >= 0.6 is 0 Å². The van der Waals surface area contributed by atoms with E-state index in [1.165, 1.54) is 11.1 Å². The Labute approximate surface area is 137 Å². The van der Waals surface area contributed by atoms with Crippen molar-refractivity contribution in [2.75, 3.05) is 13.1 Å². The SMILES string of the molecule is Cc1ccc(C(=O)N2CCC(NCc3cn[nH]c3C)CC2)cc1. The first kappa shape index (κ1) is 15.7. The number of carbonyl (C=O) groups excluding carboxylic acids is 1. The Kier molecular flexibility index (Phi) is 4.76. The summed E-state index contributed by atoms with van der Waals surface area (Å²) < 4.78 is 0. The summed E-state index contributed by atoms with van der Waals surface area (Å²) in [5.41, 5.74) is 4.29. The molecule has 3 rings (SSSR count). The summed E-state index contributed by atoms with van der Waals surface area (Å²) in [6.07, 6.45) is 3.86. The molecule has 2 heterocycles. The molecule has 1 fully saturated rings. The second-order valence-corrected chi connectivity index (χ2v) is 6.33. The Morgan fingerprint density at radius 3 is 2.57 bits per heavy atom. The first-order valence-corrected chi connectivity index (χ1v) is 8.21. The number of rotatable bonds is 4. The first-order chi connectivity index (χ1) is 11.1. The highest BCUT2D eigenvalue weighted by atomic mass is 16.2. The zero-order chi connectivity index (χ0) is 16.2. The number of nitrogens with zero attached hydrogens (tertiary/aromatic N) is 2. The van der Waals surface area contributed by atoms with Crippen molar-refractivity contribution in [2.24, 2.45) is 0 Å². The molecule has 0 unspecified atom stereocenters. The second kappa shape index (κ2) is 6.96. The minimum absolute atomic E-state index is 0.147. The van der Waals surface area contributed by atoms with Crippen molar-refractivity contribution in [3.63, 3.8) is 0 Å². The third-order valence-electron chi connectivity index (χ3n) is 4.60. The fourth-order valence-corrected chi connectivity index (χ4v) is 2.97. The summed E-state index contributed by atoms with van der Waals surface area (Å²) in [5.74, 6) is 0.147. The maximum atomic E-state index is 12.5. The molecular formula is C18H24N4O. The van der Waals surface area contributed by atoms with Crippen molar-refractivity contribution in [1.82, 2.24) is 20.4 Å². The number of aryl methyl sites for hydroxylation is 2. The van der Waals surface area contributed by atoms with Crippen molar-refractivity contribution >= 4 is 5.91 Å². The summed E-state index contributed by atoms with van der Waals surface area (Å²) in [5, 5.41) is 10.6. The number of hydrogen-bond acceptors (Lipinski definition) is 3. The number of H-pyrrole nitrogens is 1. The monoisotopic (exact) mass is 312 g/mol. The van der Waals surface area contributed by atoms with Gasteiger partial charge in [-0.25, -0.2) is 0 Å². The van der Waals surface area contributed by atoms with Crippen LogP contribution in [0.3, 0.4) is 0 Å². The number of likely N-dealkylation sites (tertiary alicyclic amines) is 1. The number of aromatic amines is 1. The molecule has 1 saturated heterocycles. The Morgan fingerprint density at radius 2 is 1.96 bits per heavy atom. The molecular weight excluding hydrogens is 288 g/mol. The Morgan fingerprint density at radius 1 is 1.26 bits per heavy atom. The van der Waals surface area contributed by atoms with Crippen LogP contribution in [0.1, 0.15) is 40.0 Å². The molecule has 0 radical (unpaired) electrons. The molecule has 0 aliphatic carbocycles. The normalized spacial score (nSPS) is 15.8. The number of nitrogens with one attached hydrogen (secondary N) is 2. The van der Waals surface area contributed by atoms with Gasteiger partial charge in [-0.2, -0.15) is 5.10 Å². The van der Waals surface area contributed by atoms with Gasteiger partial charge in [-0.15, -0.1) is 0 Å². The van der Waals surface area contributed by atoms with E-state index in [-0.39, 0.29) is 5.91 Å². The third kappa shape index (κ3) is 3.79. The van der Waals surface area contributed by atoms with Gasteiger partial charge in [-0.1, -0.05) is 17.7 Å². The minimum atomic E-state index is 0.147. The van der Waals surface area contributed by atoms with Gasteiger partial charge >= 0.3 is 0 Å². The van der Waals surface area contributed by atoms with Gasteiger partial charge in [0.1, 0.15) is 0 Å². The predicted molar refractivity (Wildman–Crippen MR) is 90.3 cm³/mol. The van der Waals surface area contributed by atoms with Gasteiger partial charge in [-0.3, -0.25) is 9.89 Å². The van der Waals surface area contributed by atoms with Gasteiger partial charge in [0, 0.05) is 42.5 Å². The van der Waals surface area contributed by atoms with Crippen LogP contribution in [-0.4, -0.2) is 40.1 Å². The van der Waals surface area contributed by atoms with Crippen molar-refractivity contribution in [3.05, 3.63) is 52.8 Å². The summed E-state index contributed by atoms with van der Waals surface area (Å²) in [4.78, 5) is 14.5. The number of hydrogen-bond donors (Lipinski definition) is 2. The average Bonchev–Trinajstić information content (AvgIpc) is 2.99. The molecule has 0 atom stereocenters. The van der Waals surface area contributed by atoms with E-state index in [1.807, 2.05) is 49.2 Å². The highest BCUT2D eigenvalue weighted by Crippen LogP contribution is 2.15. The summed E-state index contributed by atoms with van der Waals surface area (Å²) in [6.45, 7) is 6.53. The average molecular weight is 312 g/mol. The van der Waals surface area contributed by atoms with E-state index in [0.29, 0.717) is 6.04 Å². The molecule has 0 bridgehead atoms. The van der Waals surface area contributed by atoms with Crippen LogP contribution in [0.5, 0.6) is 0 Å². The number of benzene rings is 1. The lowest BCUT2D eigenvalue weighted by Crippen LogP contribution is -2.44. The molecule has 2 aromatic rings. The molecule has 1 aliphatic rings. The quantitative estimate of drug-likeness (QED) is 0.911. The predicted octanol–water partition coefficient (Wildman–Crippen LogP) is 2.42. The molecule has 23 heavy (non-hydrogen) atoms. The van der Waals surface area contributed by atoms with Crippen molar-refractivity contribution < 1.29 is 4.79 Å². The van der Waals surface area contributed by atoms with Gasteiger partial charge in [0.15, 0.2) is 0 Å². The van der Waals surface area contributed by atoms with Crippen LogP contribution in [0.4, 0.5) is 0 Å². The fourth-order valence-electron chi connectivity index (χ4n) is 2.97. The minimum Gasteiger partial charge on any atom is -0.339 e. The van der Waals surface area contributed by atoms with Gasteiger partial charge < -0.3 is 10.2 Å². The zero-order valence-corrected chi connectivity index (χ0v) is 13.8. The summed E-state index contributed by atoms with van der Waals surface area (Å²) >= 11 is 0. The molecule has 1 aromatic carbocycles. The molecule has 0 spiro atoms. The van der Waals surface area contributed by atoms with E-state index >= 15 is 0 Å². The maximum absolute atomic E-state index is 12.5. The Balaban J connectivity index is 1.49. The largest absolute Gasteiger partial charge is 0.339 e. The van der Waals surface area contributed by atoms with E-state index < -0.39 is 0 Å². The van der Waals surface area contributed by atoms with Gasteiger partial charge in [0.25, 0.3) is 5.91 Å². The van der Waals surface area contributed by atoms with E-state index in [2.05, 4.69) is 15.5 Å². The smallest absolute Gasteiger partial charge is 0.253 e. The van der Waals surface area contributed by atoms with Gasteiger partial charge in [0.2, 0.25) is 0 Å².